The van der Waals surface area contributed by atoms with Crippen LogP contribution in [0, 0.1) is 5.82 Å². The number of hydrogen-bond acceptors (Lipinski definition) is 5. The molecule has 7 heteroatoms. The number of amides is 1. The molecule has 2 aromatic rings. The summed E-state index contributed by atoms with van der Waals surface area (Å²) in [4.78, 5) is 28.4. The predicted molar refractivity (Wildman–Crippen MR) is 109 cm³/mol. The van der Waals surface area contributed by atoms with Crippen LogP contribution < -0.4 is 5.32 Å². The molecule has 1 atom stereocenters. The number of hydrogen-bond donors (Lipinski definition) is 1. The molecule has 1 N–H and O–H groups in total. The molecule has 1 amide bonds. The SMILES string of the molecule is COC(=O)c1ccc(CN2CCN(C(C)C(=O)Nc3cccc(F)c3)CC2)cc1. The van der Waals surface area contributed by atoms with E-state index in [1.54, 1.807) is 24.3 Å². The highest BCUT2D eigenvalue weighted by Crippen LogP contribution is 2.14. The molecule has 154 valence electrons. The van der Waals surface area contributed by atoms with Gasteiger partial charge in [0.05, 0.1) is 18.7 Å². The van der Waals surface area contributed by atoms with Crippen LogP contribution in [0.25, 0.3) is 0 Å². The maximum atomic E-state index is 13.3. The summed E-state index contributed by atoms with van der Waals surface area (Å²) < 4.78 is 18.0. The van der Waals surface area contributed by atoms with Crippen molar-refractivity contribution in [3.05, 3.63) is 65.5 Å². The molecule has 3 rings (SSSR count). The number of ether oxygens (including phenoxy) is 1. The van der Waals surface area contributed by atoms with Gasteiger partial charge in [0.15, 0.2) is 0 Å². The smallest absolute Gasteiger partial charge is 0.337 e. The van der Waals surface area contributed by atoms with Crippen LogP contribution in [0.15, 0.2) is 48.5 Å². The summed E-state index contributed by atoms with van der Waals surface area (Å²) in [6.07, 6.45) is 0. The van der Waals surface area contributed by atoms with E-state index in [1.165, 1.54) is 19.2 Å². The van der Waals surface area contributed by atoms with Crippen LogP contribution in [0.5, 0.6) is 0 Å². The molecule has 6 nitrogen and oxygen atoms in total. The summed E-state index contributed by atoms with van der Waals surface area (Å²) in [5.41, 5.74) is 2.14. The number of rotatable bonds is 6. The van der Waals surface area contributed by atoms with Gasteiger partial charge in [-0.3, -0.25) is 14.6 Å². The van der Waals surface area contributed by atoms with Crippen molar-refractivity contribution in [1.82, 2.24) is 9.80 Å². The molecule has 0 radical (unpaired) electrons. The van der Waals surface area contributed by atoms with Crippen molar-refractivity contribution < 1.29 is 18.7 Å². The van der Waals surface area contributed by atoms with Gasteiger partial charge in [0.1, 0.15) is 5.82 Å². The molecular weight excluding hydrogens is 373 g/mol. The summed E-state index contributed by atoms with van der Waals surface area (Å²) in [5, 5.41) is 2.78. The number of halogens is 1. The van der Waals surface area contributed by atoms with Crippen molar-refractivity contribution in [3.8, 4) is 0 Å². The van der Waals surface area contributed by atoms with Crippen molar-refractivity contribution in [2.45, 2.75) is 19.5 Å². The van der Waals surface area contributed by atoms with Gasteiger partial charge in [-0.1, -0.05) is 18.2 Å². The fourth-order valence-corrected chi connectivity index (χ4v) is 3.41. The lowest BCUT2D eigenvalue weighted by atomic mass is 10.1. The average molecular weight is 399 g/mol. The van der Waals surface area contributed by atoms with E-state index < -0.39 is 0 Å². The summed E-state index contributed by atoms with van der Waals surface area (Å²) in [6, 6.07) is 13.0. The van der Waals surface area contributed by atoms with Gasteiger partial charge in [0, 0.05) is 38.4 Å². The summed E-state index contributed by atoms with van der Waals surface area (Å²) in [5.74, 6) is -0.846. The maximum Gasteiger partial charge on any atom is 0.337 e. The quantitative estimate of drug-likeness (QED) is 0.757. The zero-order valence-corrected chi connectivity index (χ0v) is 16.7. The number of carbonyl (C=O) groups excluding carboxylic acids is 2. The molecule has 29 heavy (non-hydrogen) atoms. The molecular formula is C22H26FN3O3. The minimum absolute atomic E-state index is 0.137. The minimum atomic E-state index is -0.372. The highest BCUT2D eigenvalue weighted by Gasteiger charge is 2.25. The Hall–Kier alpha value is -2.77. The normalized spacial score (nSPS) is 16.2. The van der Waals surface area contributed by atoms with Gasteiger partial charge < -0.3 is 10.1 Å². The van der Waals surface area contributed by atoms with Crippen LogP contribution in [-0.2, 0) is 16.1 Å². The molecule has 1 saturated heterocycles. The van der Waals surface area contributed by atoms with Gasteiger partial charge in [0.2, 0.25) is 5.91 Å². The number of anilines is 1. The summed E-state index contributed by atoms with van der Waals surface area (Å²) >= 11 is 0. The Kier molecular flexibility index (Phi) is 6.95. The second-order valence-corrected chi connectivity index (χ2v) is 7.18. The fourth-order valence-electron chi connectivity index (χ4n) is 3.41. The lowest BCUT2D eigenvalue weighted by Gasteiger charge is -2.37. The standard InChI is InChI=1S/C22H26FN3O3/c1-16(21(27)24-20-5-3-4-19(23)14-20)26-12-10-25(11-13-26)15-17-6-8-18(9-7-17)22(28)29-2/h3-9,14,16H,10-13,15H2,1-2H3,(H,24,27). The monoisotopic (exact) mass is 399 g/mol. The Balaban J connectivity index is 1.48. The predicted octanol–water partition coefficient (Wildman–Crippen LogP) is 2.76. The first-order chi connectivity index (χ1) is 14.0. The number of esters is 1. The van der Waals surface area contributed by atoms with Crippen molar-refractivity contribution in [2.75, 3.05) is 38.6 Å². The number of nitrogens with one attached hydrogen (secondary N) is 1. The van der Waals surface area contributed by atoms with Crippen LogP contribution in [0.3, 0.4) is 0 Å². The lowest BCUT2D eigenvalue weighted by molar-refractivity contribution is -0.121. The van der Waals surface area contributed by atoms with Gasteiger partial charge in [-0.05, 0) is 42.8 Å². The van der Waals surface area contributed by atoms with Crippen molar-refractivity contribution in [3.63, 3.8) is 0 Å². The van der Waals surface area contributed by atoms with E-state index in [0.717, 1.165) is 38.3 Å². The van der Waals surface area contributed by atoms with Crippen LogP contribution in [0.1, 0.15) is 22.8 Å². The highest BCUT2D eigenvalue weighted by molar-refractivity contribution is 5.94. The van der Waals surface area contributed by atoms with Crippen molar-refractivity contribution in [1.29, 1.82) is 0 Å². The van der Waals surface area contributed by atoms with E-state index in [0.29, 0.717) is 11.3 Å². The Morgan fingerprint density at radius 2 is 1.79 bits per heavy atom. The number of methoxy groups -OCH3 is 1. The second-order valence-electron chi connectivity index (χ2n) is 7.18. The summed E-state index contributed by atoms with van der Waals surface area (Å²) in [6.45, 7) is 5.90. The van der Waals surface area contributed by atoms with Gasteiger partial charge >= 0.3 is 5.97 Å². The van der Waals surface area contributed by atoms with Crippen LogP contribution in [0.2, 0.25) is 0 Å². The maximum absolute atomic E-state index is 13.3. The first kappa shape index (κ1) is 21.0. The van der Waals surface area contributed by atoms with Crippen molar-refractivity contribution in [2.24, 2.45) is 0 Å². The lowest BCUT2D eigenvalue weighted by Crippen LogP contribution is -2.52. The van der Waals surface area contributed by atoms with Crippen LogP contribution in [0.4, 0.5) is 10.1 Å². The second kappa shape index (κ2) is 9.62. The van der Waals surface area contributed by atoms with E-state index in [9.17, 15) is 14.0 Å². The number of nitrogens with zero attached hydrogens (tertiary/aromatic N) is 2. The Morgan fingerprint density at radius 3 is 2.41 bits per heavy atom. The Bertz CT molecular complexity index is 849. The zero-order chi connectivity index (χ0) is 20.8. The van der Waals surface area contributed by atoms with Gasteiger partial charge in [0.25, 0.3) is 0 Å². The van der Waals surface area contributed by atoms with E-state index in [-0.39, 0.29) is 23.7 Å². The first-order valence-electron chi connectivity index (χ1n) is 9.66. The molecule has 1 fully saturated rings. The van der Waals surface area contributed by atoms with Gasteiger partial charge in [-0.2, -0.15) is 0 Å². The van der Waals surface area contributed by atoms with E-state index in [2.05, 4.69) is 15.1 Å². The van der Waals surface area contributed by atoms with Gasteiger partial charge in [-0.25, -0.2) is 9.18 Å². The van der Waals surface area contributed by atoms with E-state index in [1.807, 2.05) is 19.1 Å². The molecule has 0 bridgehead atoms. The summed E-state index contributed by atoms with van der Waals surface area (Å²) in [7, 11) is 1.37. The molecule has 1 aliphatic rings. The molecule has 0 saturated carbocycles. The minimum Gasteiger partial charge on any atom is -0.465 e. The van der Waals surface area contributed by atoms with Gasteiger partial charge in [-0.15, -0.1) is 0 Å². The Morgan fingerprint density at radius 1 is 1.10 bits per heavy atom. The third-order valence-electron chi connectivity index (χ3n) is 5.21. The number of piperazine rings is 1. The average Bonchev–Trinajstić information content (AvgIpc) is 2.74. The molecule has 1 unspecified atom stereocenters. The Labute approximate surface area is 170 Å². The zero-order valence-electron chi connectivity index (χ0n) is 16.7. The largest absolute Gasteiger partial charge is 0.465 e. The third kappa shape index (κ3) is 5.62. The number of carbonyl (C=O) groups is 2. The third-order valence-corrected chi connectivity index (χ3v) is 5.21. The van der Waals surface area contributed by atoms with Crippen LogP contribution >= 0.6 is 0 Å². The molecule has 1 heterocycles. The topological polar surface area (TPSA) is 61.9 Å². The first-order valence-corrected chi connectivity index (χ1v) is 9.66. The number of benzene rings is 2. The molecule has 1 aliphatic heterocycles. The van der Waals surface area contributed by atoms with Crippen LogP contribution in [-0.4, -0.2) is 61.0 Å². The molecule has 0 aromatic heterocycles. The highest BCUT2D eigenvalue weighted by atomic mass is 19.1. The van der Waals surface area contributed by atoms with Crippen molar-refractivity contribution >= 4 is 17.6 Å². The fraction of sp³-hybridized carbons (Fsp3) is 0.364. The molecule has 0 spiro atoms. The van der Waals surface area contributed by atoms with E-state index >= 15 is 0 Å². The molecule has 2 aromatic carbocycles. The van der Waals surface area contributed by atoms with E-state index in [4.69, 9.17) is 4.74 Å². The molecule has 0 aliphatic carbocycles.